The Morgan fingerprint density at radius 2 is 1.82 bits per heavy atom. The zero-order chi connectivity index (χ0) is 23.6. The molecule has 0 unspecified atom stereocenters. The molecule has 170 valence electrons. The lowest BCUT2D eigenvalue weighted by Crippen LogP contribution is -2.32. The molecular formula is C23H24N6O3S. The van der Waals surface area contributed by atoms with Crippen molar-refractivity contribution in [3.05, 3.63) is 83.5 Å². The molecule has 0 saturated heterocycles. The molecule has 10 heteroatoms. The number of aromatic nitrogens is 3. The van der Waals surface area contributed by atoms with Crippen LogP contribution in [0.1, 0.15) is 28.9 Å². The first-order chi connectivity index (χ1) is 15.7. The Kier molecular flexibility index (Phi) is 6.21. The number of aliphatic imine (C=N–C) groups is 1. The van der Waals surface area contributed by atoms with Crippen LogP contribution < -0.4 is 5.14 Å². The summed E-state index contributed by atoms with van der Waals surface area (Å²) in [6, 6.07) is 15.7. The second-order valence-corrected chi connectivity index (χ2v) is 9.49. The van der Waals surface area contributed by atoms with E-state index in [1.165, 1.54) is 17.0 Å². The average molecular weight is 465 g/mol. The predicted molar refractivity (Wildman–Crippen MR) is 125 cm³/mol. The first kappa shape index (κ1) is 22.6. The maximum Gasteiger partial charge on any atom is 0.293 e. The van der Waals surface area contributed by atoms with Crippen molar-refractivity contribution in [3.8, 4) is 5.69 Å². The quantitative estimate of drug-likeness (QED) is 0.573. The van der Waals surface area contributed by atoms with Crippen molar-refractivity contribution in [2.24, 2.45) is 10.1 Å². The number of hydrogen-bond donors (Lipinski definition) is 1. The van der Waals surface area contributed by atoms with Crippen LogP contribution in [0.25, 0.3) is 5.69 Å². The maximum atomic E-state index is 13.1. The number of rotatable bonds is 7. The first-order valence-corrected chi connectivity index (χ1v) is 11.8. The molecule has 0 bridgehead atoms. The van der Waals surface area contributed by atoms with Crippen molar-refractivity contribution in [2.75, 3.05) is 20.1 Å². The molecular weight excluding hydrogens is 440 g/mol. The van der Waals surface area contributed by atoms with Crippen LogP contribution in [0.15, 0.2) is 76.1 Å². The van der Waals surface area contributed by atoms with Crippen LogP contribution in [-0.4, -0.2) is 59.8 Å². The molecule has 0 radical (unpaired) electrons. The molecule has 0 aliphatic carbocycles. The summed E-state index contributed by atoms with van der Waals surface area (Å²) >= 11 is 0. The van der Waals surface area contributed by atoms with E-state index in [9.17, 15) is 13.2 Å². The first-order valence-electron chi connectivity index (χ1n) is 10.3. The fraction of sp³-hybridized carbons (Fsp3) is 0.217. The maximum absolute atomic E-state index is 13.1. The van der Waals surface area contributed by atoms with Gasteiger partial charge in [-0.15, -0.1) is 5.10 Å². The van der Waals surface area contributed by atoms with Crippen molar-refractivity contribution in [1.29, 1.82) is 0 Å². The van der Waals surface area contributed by atoms with Crippen molar-refractivity contribution in [3.63, 3.8) is 0 Å². The van der Waals surface area contributed by atoms with Gasteiger partial charge in [-0.05, 0) is 42.8 Å². The molecule has 0 saturated carbocycles. The third-order valence-electron chi connectivity index (χ3n) is 5.17. The molecule has 3 aromatic rings. The topological polar surface area (TPSA) is 124 Å². The van der Waals surface area contributed by atoms with Gasteiger partial charge >= 0.3 is 0 Å². The van der Waals surface area contributed by atoms with Gasteiger partial charge in [0.05, 0.1) is 29.4 Å². The second-order valence-electron chi connectivity index (χ2n) is 7.92. The molecule has 1 aliphatic rings. The highest BCUT2D eigenvalue weighted by molar-refractivity contribution is 7.89. The number of sulfonamides is 1. The standard InChI is InChI=1S/C23H24N6O3S/c1-16-12-18(25-14-16)15-28(2)23(30)22-26-21(13-17-6-4-3-5-7-17)29(27-22)19-8-10-20(11-9-19)33(24,31)32/h3-12H,13-15H2,1-2H3,(H2,24,31,32). The predicted octanol–water partition coefficient (Wildman–Crippen LogP) is 1.98. The monoisotopic (exact) mass is 464 g/mol. The van der Waals surface area contributed by atoms with Crippen LogP contribution in [0, 0.1) is 0 Å². The van der Waals surface area contributed by atoms with Crippen LogP contribution in [0.5, 0.6) is 0 Å². The summed E-state index contributed by atoms with van der Waals surface area (Å²) in [5.74, 6) is 0.276. The Morgan fingerprint density at radius 1 is 1.12 bits per heavy atom. The van der Waals surface area contributed by atoms with E-state index in [2.05, 4.69) is 15.1 Å². The molecule has 33 heavy (non-hydrogen) atoms. The summed E-state index contributed by atoms with van der Waals surface area (Å²) in [4.78, 5) is 23.5. The van der Waals surface area contributed by atoms with Crippen molar-refractivity contribution >= 4 is 21.6 Å². The smallest absolute Gasteiger partial charge is 0.293 e. The van der Waals surface area contributed by atoms with E-state index in [4.69, 9.17) is 5.14 Å². The van der Waals surface area contributed by atoms with E-state index in [1.54, 1.807) is 23.9 Å². The van der Waals surface area contributed by atoms with Gasteiger partial charge in [0, 0.05) is 13.5 Å². The van der Waals surface area contributed by atoms with Gasteiger partial charge < -0.3 is 4.90 Å². The largest absolute Gasteiger partial charge is 0.333 e. The molecule has 9 nitrogen and oxygen atoms in total. The van der Waals surface area contributed by atoms with Gasteiger partial charge in [-0.2, -0.15) is 0 Å². The molecule has 2 aromatic carbocycles. The number of carbonyl (C=O) groups excluding carboxylic acids is 1. The summed E-state index contributed by atoms with van der Waals surface area (Å²) in [5, 5.41) is 9.66. The summed E-state index contributed by atoms with van der Waals surface area (Å²) < 4.78 is 24.8. The van der Waals surface area contributed by atoms with E-state index in [1.807, 2.05) is 43.3 Å². The molecule has 2 N–H and O–H groups in total. The summed E-state index contributed by atoms with van der Waals surface area (Å²) in [7, 11) is -2.13. The van der Waals surface area contributed by atoms with Gasteiger partial charge in [0.1, 0.15) is 5.82 Å². The Balaban J connectivity index is 1.66. The van der Waals surface area contributed by atoms with Crippen molar-refractivity contribution in [1.82, 2.24) is 19.7 Å². The van der Waals surface area contributed by atoms with Gasteiger partial charge in [0.15, 0.2) is 0 Å². The Hall–Kier alpha value is -3.63. The number of primary sulfonamides is 1. The molecule has 0 atom stereocenters. The molecule has 1 aromatic heterocycles. The van der Waals surface area contributed by atoms with E-state index in [0.717, 1.165) is 16.8 Å². The lowest BCUT2D eigenvalue weighted by molar-refractivity contribution is 0.0803. The second kappa shape index (κ2) is 9.08. The minimum Gasteiger partial charge on any atom is -0.333 e. The van der Waals surface area contributed by atoms with Crippen LogP contribution in [0.4, 0.5) is 0 Å². The van der Waals surface area contributed by atoms with Gasteiger partial charge in [-0.25, -0.2) is 23.2 Å². The number of carbonyl (C=O) groups is 1. The summed E-state index contributed by atoms with van der Waals surface area (Å²) in [6.07, 6.45) is 2.42. The van der Waals surface area contributed by atoms with E-state index in [0.29, 0.717) is 31.0 Å². The Bertz CT molecular complexity index is 1340. The van der Waals surface area contributed by atoms with Gasteiger partial charge in [0.25, 0.3) is 5.91 Å². The van der Waals surface area contributed by atoms with Crippen LogP contribution in [-0.2, 0) is 16.4 Å². The highest BCUT2D eigenvalue weighted by Gasteiger charge is 2.22. The highest BCUT2D eigenvalue weighted by Crippen LogP contribution is 2.17. The third kappa shape index (κ3) is 5.24. The SMILES string of the molecule is CC1=CC(CN(C)C(=O)c2nc(Cc3ccccc3)n(-c3ccc(S(N)(=O)=O)cc3)n2)=NC1. The number of amides is 1. The van der Waals surface area contributed by atoms with Crippen LogP contribution in [0.2, 0.25) is 0 Å². The number of nitrogens with zero attached hydrogens (tertiary/aromatic N) is 5. The molecule has 4 rings (SSSR count). The normalized spacial score (nSPS) is 13.5. The molecule has 1 aliphatic heterocycles. The van der Waals surface area contributed by atoms with Gasteiger partial charge in [-0.3, -0.25) is 9.79 Å². The van der Waals surface area contributed by atoms with Gasteiger partial charge in [-0.1, -0.05) is 35.9 Å². The van der Waals surface area contributed by atoms with E-state index < -0.39 is 10.0 Å². The minimum atomic E-state index is -3.82. The average Bonchev–Trinajstić information content (AvgIpc) is 3.39. The van der Waals surface area contributed by atoms with Crippen molar-refractivity contribution in [2.45, 2.75) is 18.2 Å². The van der Waals surface area contributed by atoms with E-state index in [-0.39, 0.29) is 16.6 Å². The molecule has 1 amide bonds. The van der Waals surface area contributed by atoms with Gasteiger partial charge in [0.2, 0.25) is 15.8 Å². The number of nitrogens with two attached hydrogens (primary N) is 1. The lowest BCUT2D eigenvalue weighted by Gasteiger charge is -2.14. The summed E-state index contributed by atoms with van der Waals surface area (Å²) in [6.45, 7) is 3.01. The zero-order valence-corrected chi connectivity index (χ0v) is 19.2. The fourth-order valence-corrected chi connectivity index (χ4v) is 4.01. The zero-order valence-electron chi connectivity index (χ0n) is 18.3. The Labute approximate surface area is 192 Å². The highest BCUT2D eigenvalue weighted by atomic mass is 32.2. The molecule has 2 heterocycles. The fourth-order valence-electron chi connectivity index (χ4n) is 3.49. The number of benzene rings is 2. The molecule has 0 spiro atoms. The van der Waals surface area contributed by atoms with E-state index >= 15 is 0 Å². The lowest BCUT2D eigenvalue weighted by atomic mass is 10.1. The Morgan fingerprint density at radius 3 is 2.42 bits per heavy atom. The third-order valence-corrected chi connectivity index (χ3v) is 6.10. The number of hydrogen-bond acceptors (Lipinski definition) is 6. The van der Waals surface area contributed by atoms with Crippen LogP contribution in [0.3, 0.4) is 0 Å². The van der Waals surface area contributed by atoms with Crippen LogP contribution >= 0.6 is 0 Å². The molecule has 0 fully saturated rings. The summed E-state index contributed by atoms with van der Waals surface area (Å²) in [5.41, 5.74) is 3.56. The minimum absolute atomic E-state index is 0.00676. The van der Waals surface area contributed by atoms with Crippen molar-refractivity contribution < 1.29 is 13.2 Å².